The minimum absolute atomic E-state index is 0.674. The van der Waals surface area contributed by atoms with E-state index in [0.29, 0.717) is 13.2 Å². The maximum absolute atomic E-state index is 5.79. The summed E-state index contributed by atoms with van der Waals surface area (Å²) in [6.45, 7) is 1.35. The Hall–Kier alpha value is -2.22. The molecule has 2 aromatic rings. The zero-order valence-corrected chi connectivity index (χ0v) is 10.7. The summed E-state index contributed by atoms with van der Waals surface area (Å²) in [4.78, 5) is 0. The van der Waals surface area contributed by atoms with Gasteiger partial charge < -0.3 is 9.47 Å². The zero-order chi connectivity index (χ0) is 12.9. The summed E-state index contributed by atoms with van der Waals surface area (Å²) in [6, 6.07) is 16.2. The first kappa shape index (κ1) is 11.8. The van der Waals surface area contributed by atoms with Crippen LogP contribution in [0.1, 0.15) is 17.5 Å². The highest BCUT2D eigenvalue weighted by Gasteiger charge is 2.04. The van der Waals surface area contributed by atoms with E-state index in [1.165, 1.54) is 0 Å². The topological polar surface area (TPSA) is 18.5 Å². The van der Waals surface area contributed by atoms with E-state index in [0.717, 1.165) is 29.0 Å². The number of fused-ring (bicyclic) bond motifs is 2. The zero-order valence-electron chi connectivity index (χ0n) is 10.7. The summed E-state index contributed by atoms with van der Waals surface area (Å²) in [6.07, 6.45) is 5.02. The summed E-state index contributed by atoms with van der Waals surface area (Å²) >= 11 is 0. The van der Waals surface area contributed by atoms with Gasteiger partial charge in [0.25, 0.3) is 0 Å². The summed E-state index contributed by atoms with van der Waals surface area (Å²) in [7, 11) is 0. The van der Waals surface area contributed by atoms with E-state index in [2.05, 4.69) is 24.3 Å². The van der Waals surface area contributed by atoms with Crippen LogP contribution in [0, 0.1) is 0 Å². The molecule has 0 unspecified atom stereocenters. The van der Waals surface area contributed by atoms with Crippen molar-refractivity contribution in [1.29, 1.82) is 0 Å². The van der Waals surface area contributed by atoms with E-state index in [1.807, 2.05) is 36.4 Å². The van der Waals surface area contributed by atoms with Crippen molar-refractivity contribution >= 4 is 12.2 Å². The number of rotatable bonds is 0. The molecule has 0 aliphatic carbocycles. The summed E-state index contributed by atoms with van der Waals surface area (Å²) in [5, 5.41) is 0. The third-order valence-electron chi connectivity index (χ3n) is 3.08. The highest BCUT2D eigenvalue weighted by atomic mass is 16.5. The summed E-state index contributed by atoms with van der Waals surface area (Å²) in [5.41, 5.74) is 2.19. The van der Waals surface area contributed by atoms with Crippen molar-refractivity contribution in [2.24, 2.45) is 0 Å². The van der Waals surface area contributed by atoms with Crippen LogP contribution in [-0.4, -0.2) is 13.2 Å². The Balaban J connectivity index is 2.00. The average molecular weight is 252 g/mol. The second-order valence-electron chi connectivity index (χ2n) is 4.46. The van der Waals surface area contributed by atoms with Crippen LogP contribution < -0.4 is 9.47 Å². The van der Waals surface area contributed by atoms with Gasteiger partial charge in [0.15, 0.2) is 0 Å². The van der Waals surface area contributed by atoms with Gasteiger partial charge in [-0.15, -0.1) is 0 Å². The van der Waals surface area contributed by atoms with E-state index in [-0.39, 0.29) is 0 Å². The van der Waals surface area contributed by atoms with Crippen LogP contribution >= 0.6 is 0 Å². The van der Waals surface area contributed by atoms with Gasteiger partial charge in [0.1, 0.15) is 11.5 Å². The van der Waals surface area contributed by atoms with Gasteiger partial charge in [-0.2, -0.15) is 0 Å². The Labute approximate surface area is 113 Å². The SMILES string of the molecule is C1=C\c2ccccc2OCCCOc2ccccc2/1. The second kappa shape index (κ2) is 5.61. The molecule has 96 valence electrons. The van der Waals surface area contributed by atoms with Crippen molar-refractivity contribution < 1.29 is 9.47 Å². The lowest BCUT2D eigenvalue weighted by Crippen LogP contribution is -2.05. The normalized spacial score (nSPS) is 16.0. The minimum Gasteiger partial charge on any atom is -0.493 e. The molecule has 19 heavy (non-hydrogen) atoms. The lowest BCUT2D eigenvalue weighted by molar-refractivity contribution is 0.247. The van der Waals surface area contributed by atoms with Crippen LogP contribution in [0.3, 0.4) is 0 Å². The quantitative estimate of drug-likeness (QED) is 0.705. The Morgan fingerprint density at radius 3 is 1.63 bits per heavy atom. The fraction of sp³-hybridized carbons (Fsp3) is 0.176. The number of hydrogen-bond acceptors (Lipinski definition) is 2. The average Bonchev–Trinajstić information content (AvgIpc) is 2.50. The Morgan fingerprint density at radius 1 is 0.632 bits per heavy atom. The number of para-hydroxylation sites is 2. The van der Waals surface area contributed by atoms with Gasteiger partial charge in [-0.25, -0.2) is 0 Å². The molecule has 0 saturated heterocycles. The van der Waals surface area contributed by atoms with Crippen molar-refractivity contribution in [3.8, 4) is 11.5 Å². The van der Waals surface area contributed by atoms with Gasteiger partial charge in [0.05, 0.1) is 13.2 Å². The highest BCUT2D eigenvalue weighted by molar-refractivity contribution is 5.74. The maximum Gasteiger partial charge on any atom is 0.126 e. The molecule has 0 atom stereocenters. The first-order chi connectivity index (χ1) is 9.43. The molecule has 0 aromatic heterocycles. The molecule has 0 spiro atoms. The van der Waals surface area contributed by atoms with E-state index in [1.54, 1.807) is 0 Å². The predicted molar refractivity (Wildman–Crippen MR) is 77.4 cm³/mol. The fourth-order valence-corrected chi connectivity index (χ4v) is 2.10. The Bertz CT molecular complexity index is 536. The molecule has 2 aromatic carbocycles. The van der Waals surface area contributed by atoms with Gasteiger partial charge >= 0.3 is 0 Å². The molecule has 0 fully saturated rings. The predicted octanol–water partition coefficient (Wildman–Crippen LogP) is 4.02. The highest BCUT2D eigenvalue weighted by Crippen LogP contribution is 2.25. The first-order valence-corrected chi connectivity index (χ1v) is 6.55. The number of hydrogen-bond donors (Lipinski definition) is 0. The largest absolute Gasteiger partial charge is 0.493 e. The third kappa shape index (κ3) is 2.79. The Morgan fingerprint density at radius 2 is 1.11 bits per heavy atom. The smallest absolute Gasteiger partial charge is 0.126 e. The molecule has 0 radical (unpaired) electrons. The van der Waals surface area contributed by atoms with Crippen LogP contribution in [-0.2, 0) is 0 Å². The monoisotopic (exact) mass is 252 g/mol. The van der Waals surface area contributed by atoms with E-state index in [9.17, 15) is 0 Å². The standard InChI is InChI=1S/C17H16O2/c1-3-8-16-14(6-1)10-11-15-7-2-4-9-17(15)19-13-5-12-18-16/h1-4,6-11H,5,12-13H2/b11-10-. The van der Waals surface area contributed by atoms with Gasteiger partial charge in [-0.05, 0) is 12.1 Å². The molecule has 2 nitrogen and oxygen atoms in total. The van der Waals surface area contributed by atoms with E-state index in [4.69, 9.17) is 9.47 Å². The lowest BCUT2D eigenvalue weighted by atomic mass is 10.1. The van der Waals surface area contributed by atoms with Crippen LogP contribution in [0.4, 0.5) is 0 Å². The molecular weight excluding hydrogens is 236 g/mol. The van der Waals surface area contributed by atoms with Crippen molar-refractivity contribution in [2.75, 3.05) is 13.2 Å². The molecule has 1 aliphatic heterocycles. The lowest BCUT2D eigenvalue weighted by Gasteiger charge is -2.09. The molecule has 3 rings (SSSR count). The van der Waals surface area contributed by atoms with E-state index < -0.39 is 0 Å². The van der Waals surface area contributed by atoms with Crippen LogP contribution in [0.5, 0.6) is 11.5 Å². The minimum atomic E-state index is 0.674. The van der Waals surface area contributed by atoms with E-state index >= 15 is 0 Å². The molecule has 2 heteroatoms. The second-order valence-corrected chi connectivity index (χ2v) is 4.46. The maximum atomic E-state index is 5.79. The van der Waals surface area contributed by atoms with Crippen molar-refractivity contribution in [3.05, 3.63) is 59.7 Å². The molecule has 0 amide bonds. The summed E-state index contributed by atoms with van der Waals surface area (Å²) < 4.78 is 11.6. The third-order valence-corrected chi connectivity index (χ3v) is 3.08. The number of ether oxygens (including phenoxy) is 2. The van der Waals surface area contributed by atoms with Crippen molar-refractivity contribution in [2.45, 2.75) is 6.42 Å². The van der Waals surface area contributed by atoms with Gasteiger partial charge in [0, 0.05) is 17.5 Å². The van der Waals surface area contributed by atoms with Crippen molar-refractivity contribution in [3.63, 3.8) is 0 Å². The van der Waals surface area contributed by atoms with Gasteiger partial charge in [-0.1, -0.05) is 48.6 Å². The van der Waals surface area contributed by atoms with Gasteiger partial charge in [-0.3, -0.25) is 0 Å². The first-order valence-electron chi connectivity index (χ1n) is 6.55. The fourth-order valence-electron chi connectivity index (χ4n) is 2.10. The molecule has 0 bridgehead atoms. The van der Waals surface area contributed by atoms with Crippen molar-refractivity contribution in [1.82, 2.24) is 0 Å². The van der Waals surface area contributed by atoms with Gasteiger partial charge in [0.2, 0.25) is 0 Å². The molecular formula is C17H16O2. The van der Waals surface area contributed by atoms with Crippen LogP contribution in [0.25, 0.3) is 12.2 Å². The Kier molecular flexibility index (Phi) is 3.50. The molecule has 1 heterocycles. The van der Waals surface area contributed by atoms with Crippen LogP contribution in [0.15, 0.2) is 48.5 Å². The molecule has 1 aliphatic rings. The molecule has 0 saturated carbocycles. The number of benzene rings is 2. The molecule has 0 N–H and O–H groups in total. The van der Waals surface area contributed by atoms with Crippen LogP contribution in [0.2, 0.25) is 0 Å². The summed E-state index contributed by atoms with van der Waals surface area (Å²) in [5.74, 6) is 1.86.